The molecule has 10 nitrogen and oxygen atoms in total. The molecule has 1 aliphatic heterocycles. The van der Waals surface area contributed by atoms with Gasteiger partial charge in [0.2, 0.25) is 23.8 Å². The first-order valence-electron chi connectivity index (χ1n) is 5.70. The van der Waals surface area contributed by atoms with Gasteiger partial charge in [-0.2, -0.15) is 0 Å². The zero-order valence-corrected chi connectivity index (χ0v) is 10.3. The molecule has 2 N–H and O–H groups in total. The van der Waals surface area contributed by atoms with Gasteiger partial charge in [0.15, 0.2) is 0 Å². The number of imide groups is 1. The molecule has 1 aliphatic rings. The summed E-state index contributed by atoms with van der Waals surface area (Å²) in [6.45, 7) is -1.08. The van der Waals surface area contributed by atoms with Crippen LogP contribution >= 0.6 is 0 Å². The third kappa shape index (κ3) is 4.34. The summed E-state index contributed by atoms with van der Waals surface area (Å²) < 4.78 is 0. The number of likely N-dealkylation sites (tertiary alicyclic amines) is 1. The van der Waals surface area contributed by atoms with Gasteiger partial charge in [-0.3, -0.25) is 9.59 Å². The lowest BCUT2D eigenvalue weighted by Crippen LogP contribution is -2.36. The van der Waals surface area contributed by atoms with Gasteiger partial charge in [-0.1, -0.05) is 0 Å². The van der Waals surface area contributed by atoms with E-state index < -0.39 is 6.73 Å². The lowest BCUT2D eigenvalue weighted by Gasteiger charge is -2.16. The minimum absolute atomic E-state index is 0.0293. The second-order valence-corrected chi connectivity index (χ2v) is 3.71. The Kier molecular flexibility index (Phi) is 5.96. The van der Waals surface area contributed by atoms with Crippen LogP contribution in [0.3, 0.4) is 0 Å². The fourth-order valence-corrected chi connectivity index (χ4v) is 1.47. The molecule has 0 aliphatic carbocycles. The normalized spacial score (nSPS) is 16.1. The Labute approximate surface area is 109 Å². The van der Waals surface area contributed by atoms with Crippen LogP contribution < -0.4 is 0 Å². The molecule has 2 amide bonds. The highest BCUT2D eigenvalue weighted by molar-refractivity contribution is 6.01. The van der Waals surface area contributed by atoms with Gasteiger partial charge in [-0.15, -0.1) is 5.01 Å². The maximum absolute atomic E-state index is 11.4. The molecule has 0 spiro atoms. The summed E-state index contributed by atoms with van der Waals surface area (Å²) in [5, 5.41) is 32.9. The summed E-state index contributed by atoms with van der Waals surface area (Å²) >= 11 is 0. The highest BCUT2D eigenvalue weighted by Crippen LogP contribution is 2.11. The molecule has 1 heterocycles. The molecule has 108 valence electrons. The average Bonchev–Trinajstić information content (AvgIpc) is 2.70. The summed E-state index contributed by atoms with van der Waals surface area (Å²) in [6, 6.07) is 0. The molecule has 0 radical (unpaired) electrons. The number of amides is 2. The van der Waals surface area contributed by atoms with Crippen LogP contribution in [-0.4, -0.2) is 69.9 Å². The Morgan fingerprint density at radius 2 is 1.79 bits per heavy atom. The highest BCUT2D eigenvalue weighted by Gasteiger charge is 2.29. The first-order chi connectivity index (χ1) is 9.10. The number of carbonyl (C=O) groups is 2. The topological polar surface area (TPSA) is 129 Å². The smallest absolute Gasteiger partial charge is 0.235 e. The molecule has 0 aromatic carbocycles. The third-order valence-corrected chi connectivity index (χ3v) is 2.43. The van der Waals surface area contributed by atoms with Gasteiger partial charge in [0, 0.05) is 12.8 Å². The van der Waals surface area contributed by atoms with Crippen molar-refractivity contribution in [1.82, 2.24) is 9.91 Å². The SMILES string of the molecule is O=C1CCC(=O)N1CO/N=[N+](/[O-])N(CCO)CCO. The van der Waals surface area contributed by atoms with Crippen LogP contribution in [0.4, 0.5) is 0 Å². The predicted octanol–water partition coefficient (Wildman–Crippen LogP) is -1.81. The molecule has 1 fully saturated rings. The van der Waals surface area contributed by atoms with E-state index in [0.29, 0.717) is 0 Å². The summed E-state index contributed by atoms with van der Waals surface area (Å²) in [4.78, 5) is 28.0. The maximum Gasteiger partial charge on any atom is 0.235 e. The van der Waals surface area contributed by atoms with Crippen molar-refractivity contribution >= 4 is 11.8 Å². The second kappa shape index (κ2) is 7.48. The standard InChI is InChI=1S/C9H16N4O6/c14-5-3-11(4-6-15)13(18)10-19-7-12-8(16)1-2-9(12)17/h14-15H,1-7H2/b13-10+. The van der Waals surface area contributed by atoms with Gasteiger partial charge in [0.05, 0.1) is 18.2 Å². The van der Waals surface area contributed by atoms with Crippen LogP contribution in [0, 0.1) is 5.21 Å². The first kappa shape index (κ1) is 15.1. The molecule has 0 atom stereocenters. The monoisotopic (exact) mass is 276 g/mol. The molecule has 0 aromatic rings. The fourth-order valence-electron chi connectivity index (χ4n) is 1.47. The van der Waals surface area contributed by atoms with Crippen molar-refractivity contribution in [3.8, 4) is 0 Å². The summed E-state index contributed by atoms with van der Waals surface area (Å²) in [7, 11) is 0. The number of hydrogen-bond donors (Lipinski definition) is 2. The molecular weight excluding hydrogens is 260 g/mol. The Hall–Kier alpha value is -1.94. The number of aliphatic hydroxyl groups is 2. The number of rotatable bonds is 8. The number of carbonyl (C=O) groups excluding carboxylic acids is 2. The van der Waals surface area contributed by atoms with Crippen LogP contribution in [0.2, 0.25) is 0 Å². The molecule has 0 unspecified atom stereocenters. The van der Waals surface area contributed by atoms with Crippen molar-refractivity contribution in [2.75, 3.05) is 33.0 Å². The molecule has 0 bridgehead atoms. The average molecular weight is 276 g/mol. The summed E-state index contributed by atoms with van der Waals surface area (Å²) in [5.41, 5.74) is 0. The van der Waals surface area contributed by atoms with Gasteiger partial charge in [0.1, 0.15) is 13.1 Å². The van der Waals surface area contributed by atoms with Crippen LogP contribution in [-0.2, 0) is 14.4 Å². The molecule has 0 aromatic heterocycles. The van der Waals surface area contributed by atoms with Crippen LogP contribution in [0.1, 0.15) is 12.8 Å². The first-order valence-corrected chi connectivity index (χ1v) is 5.70. The van der Waals surface area contributed by atoms with Crippen LogP contribution in [0.15, 0.2) is 5.28 Å². The van der Waals surface area contributed by atoms with Gasteiger partial charge < -0.3 is 20.3 Å². The van der Waals surface area contributed by atoms with E-state index in [1.165, 1.54) is 0 Å². The summed E-state index contributed by atoms with van der Waals surface area (Å²) in [6.07, 6.45) is 0.259. The number of nitrogens with zero attached hydrogens (tertiary/aromatic N) is 4. The van der Waals surface area contributed by atoms with Crippen molar-refractivity contribution in [2.45, 2.75) is 12.8 Å². The lowest BCUT2D eigenvalue weighted by atomic mass is 10.4. The lowest BCUT2D eigenvalue weighted by molar-refractivity contribution is -0.711. The minimum atomic E-state index is -0.428. The Bertz CT molecular complexity index is 339. The van der Waals surface area contributed by atoms with E-state index >= 15 is 0 Å². The quantitative estimate of drug-likeness (QED) is 0.231. The second-order valence-electron chi connectivity index (χ2n) is 3.71. The van der Waals surface area contributed by atoms with E-state index in [9.17, 15) is 14.8 Å². The van der Waals surface area contributed by atoms with E-state index in [1.807, 2.05) is 0 Å². The number of aliphatic hydroxyl groups excluding tert-OH is 2. The van der Waals surface area contributed by atoms with Gasteiger partial charge in [-0.05, 0) is 0 Å². The van der Waals surface area contributed by atoms with Crippen molar-refractivity contribution in [2.24, 2.45) is 5.28 Å². The van der Waals surface area contributed by atoms with E-state index in [0.717, 1.165) is 9.91 Å². The van der Waals surface area contributed by atoms with Crippen molar-refractivity contribution < 1.29 is 29.6 Å². The zero-order valence-electron chi connectivity index (χ0n) is 10.3. The van der Waals surface area contributed by atoms with Crippen LogP contribution in [0.5, 0.6) is 0 Å². The van der Waals surface area contributed by atoms with Gasteiger partial charge >= 0.3 is 0 Å². The molecule has 1 saturated heterocycles. The molecule has 10 heteroatoms. The van der Waals surface area contributed by atoms with E-state index in [1.54, 1.807) is 0 Å². The zero-order chi connectivity index (χ0) is 14.3. The molecule has 0 saturated carbocycles. The molecular formula is C9H16N4O6. The molecule has 19 heavy (non-hydrogen) atoms. The van der Waals surface area contributed by atoms with Crippen molar-refractivity contribution in [3.63, 3.8) is 0 Å². The van der Waals surface area contributed by atoms with E-state index in [2.05, 4.69) is 10.1 Å². The largest absolute Gasteiger partial charge is 0.569 e. The number of hydrazine groups is 1. The van der Waals surface area contributed by atoms with Crippen molar-refractivity contribution in [3.05, 3.63) is 5.21 Å². The fraction of sp³-hybridized carbons (Fsp3) is 0.778. The summed E-state index contributed by atoms with van der Waals surface area (Å²) in [5.74, 6) is -0.750. The maximum atomic E-state index is 11.4. The minimum Gasteiger partial charge on any atom is -0.569 e. The third-order valence-electron chi connectivity index (χ3n) is 2.43. The highest BCUT2D eigenvalue weighted by atomic mass is 16.7. The van der Waals surface area contributed by atoms with Crippen LogP contribution in [0.25, 0.3) is 0 Å². The Morgan fingerprint density at radius 1 is 1.26 bits per heavy atom. The molecule has 1 rings (SSSR count). The Morgan fingerprint density at radius 3 is 2.26 bits per heavy atom. The van der Waals surface area contributed by atoms with E-state index in [-0.39, 0.29) is 55.9 Å². The van der Waals surface area contributed by atoms with E-state index in [4.69, 9.17) is 10.2 Å². The van der Waals surface area contributed by atoms with Gasteiger partial charge in [-0.25, -0.2) is 4.90 Å². The Balaban J connectivity index is 2.45. The van der Waals surface area contributed by atoms with Gasteiger partial charge in [0.25, 0.3) is 0 Å². The number of hydrogen-bond acceptors (Lipinski definition) is 7. The predicted molar refractivity (Wildman–Crippen MR) is 58.8 cm³/mol. The van der Waals surface area contributed by atoms with Crippen molar-refractivity contribution in [1.29, 1.82) is 0 Å².